The molecule has 0 spiro atoms. The maximum atomic E-state index is 13.2. The molecule has 0 aliphatic carbocycles. The Hall–Kier alpha value is -1.14. The van der Waals surface area contributed by atoms with Crippen LogP contribution in [0.15, 0.2) is 18.2 Å². The normalized spacial score (nSPS) is 15.1. The summed E-state index contributed by atoms with van der Waals surface area (Å²) in [6.07, 6.45) is 0.820. The predicted octanol–water partition coefficient (Wildman–Crippen LogP) is 3.19. The average molecular weight is 317 g/mol. The van der Waals surface area contributed by atoms with Gasteiger partial charge in [0.2, 0.25) is 10.0 Å². The van der Waals surface area contributed by atoms with Crippen molar-refractivity contribution < 1.29 is 17.9 Å². The largest absolute Gasteiger partial charge is 0.508 e. The molecule has 120 valence electrons. The van der Waals surface area contributed by atoms with E-state index in [9.17, 15) is 17.9 Å². The Morgan fingerprint density at radius 2 is 1.86 bits per heavy atom. The Morgan fingerprint density at radius 3 is 2.43 bits per heavy atom. The molecule has 0 aliphatic rings. The summed E-state index contributed by atoms with van der Waals surface area (Å²) in [4.78, 5) is 0. The predicted molar refractivity (Wildman–Crippen MR) is 82.0 cm³/mol. The number of halogens is 1. The van der Waals surface area contributed by atoms with Crippen molar-refractivity contribution in [2.45, 2.75) is 40.2 Å². The minimum Gasteiger partial charge on any atom is -0.508 e. The molecule has 0 radical (unpaired) electrons. The number of sulfonamides is 1. The third-order valence-corrected chi connectivity index (χ3v) is 4.91. The summed E-state index contributed by atoms with van der Waals surface area (Å²) in [6, 6.07) is 2.80. The van der Waals surface area contributed by atoms with E-state index in [0.29, 0.717) is 5.92 Å². The molecule has 1 aromatic carbocycles. The van der Waals surface area contributed by atoms with E-state index in [1.807, 2.05) is 20.8 Å². The lowest BCUT2D eigenvalue weighted by Gasteiger charge is -2.19. The maximum absolute atomic E-state index is 13.2. The van der Waals surface area contributed by atoms with Crippen molar-refractivity contribution in [1.82, 2.24) is 4.72 Å². The Morgan fingerprint density at radius 1 is 1.24 bits per heavy atom. The number of hydrogen-bond donors (Lipinski definition) is 2. The zero-order chi connectivity index (χ0) is 16.2. The molecule has 0 saturated carbocycles. The monoisotopic (exact) mass is 317 g/mol. The van der Waals surface area contributed by atoms with Crippen molar-refractivity contribution in [2.75, 3.05) is 5.75 Å². The number of rotatable bonds is 7. The molecule has 2 atom stereocenters. The third kappa shape index (κ3) is 6.01. The van der Waals surface area contributed by atoms with Gasteiger partial charge in [-0.05, 0) is 43.4 Å². The minimum absolute atomic E-state index is 0.0194. The van der Waals surface area contributed by atoms with Gasteiger partial charge in [-0.25, -0.2) is 17.5 Å². The van der Waals surface area contributed by atoms with Crippen LogP contribution in [0.3, 0.4) is 0 Å². The quantitative estimate of drug-likeness (QED) is 0.811. The molecule has 2 unspecified atom stereocenters. The van der Waals surface area contributed by atoms with E-state index in [2.05, 4.69) is 4.72 Å². The van der Waals surface area contributed by atoms with E-state index in [1.165, 1.54) is 6.07 Å². The number of aromatic hydroxyl groups is 1. The second kappa shape index (κ2) is 7.22. The fraction of sp³-hybridized carbons (Fsp3) is 0.600. The van der Waals surface area contributed by atoms with Gasteiger partial charge in [0, 0.05) is 11.6 Å². The summed E-state index contributed by atoms with van der Waals surface area (Å²) in [5.41, 5.74) is 0.232. The first-order valence-corrected chi connectivity index (χ1v) is 8.74. The Balaban J connectivity index is 2.76. The lowest BCUT2D eigenvalue weighted by atomic mass is 10.0. The van der Waals surface area contributed by atoms with Gasteiger partial charge in [-0.2, -0.15) is 0 Å². The molecule has 4 nitrogen and oxygen atoms in total. The lowest BCUT2D eigenvalue weighted by Crippen LogP contribution is -2.31. The molecule has 0 aromatic heterocycles. The van der Waals surface area contributed by atoms with Crippen molar-refractivity contribution in [2.24, 2.45) is 11.8 Å². The topological polar surface area (TPSA) is 66.4 Å². The summed E-state index contributed by atoms with van der Waals surface area (Å²) in [5.74, 6) is -0.148. The van der Waals surface area contributed by atoms with Crippen molar-refractivity contribution in [3.8, 4) is 5.75 Å². The minimum atomic E-state index is -3.49. The molecule has 6 heteroatoms. The molecule has 0 fully saturated rings. The van der Waals surface area contributed by atoms with Crippen LogP contribution in [0.1, 0.15) is 45.7 Å². The first-order chi connectivity index (χ1) is 9.60. The Labute approximate surface area is 126 Å². The van der Waals surface area contributed by atoms with Crippen LogP contribution in [0.2, 0.25) is 0 Å². The van der Waals surface area contributed by atoms with E-state index in [-0.39, 0.29) is 23.0 Å². The summed E-state index contributed by atoms with van der Waals surface area (Å²) in [7, 11) is -3.49. The van der Waals surface area contributed by atoms with Crippen molar-refractivity contribution in [3.05, 3.63) is 29.6 Å². The van der Waals surface area contributed by atoms with E-state index < -0.39 is 21.9 Å². The number of phenolic OH excluding ortho intramolecular Hbond substituents is 1. The standard InChI is InChI=1S/C15H24FNO3S/c1-10(2)7-11(3)9-21(19,20)17-12(4)14-8-13(16)5-6-15(14)18/h5-6,8,10-12,17-18H,7,9H2,1-4H3. The lowest BCUT2D eigenvalue weighted by molar-refractivity contribution is 0.452. The van der Waals surface area contributed by atoms with Crippen LogP contribution in [0, 0.1) is 17.7 Å². The first-order valence-electron chi connectivity index (χ1n) is 7.09. The molecule has 1 aromatic rings. The fourth-order valence-corrected chi connectivity index (χ4v) is 4.15. The molecular weight excluding hydrogens is 293 g/mol. The van der Waals surface area contributed by atoms with Crippen molar-refractivity contribution >= 4 is 10.0 Å². The van der Waals surface area contributed by atoms with Gasteiger partial charge in [0.25, 0.3) is 0 Å². The second-order valence-corrected chi connectivity index (χ2v) is 7.86. The second-order valence-electron chi connectivity index (χ2n) is 6.06. The SMILES string of the molecule is CC(C)CC(C)CS(=O)(=O)NC(C)c1cc(F)ccc1O. The van der Waals surface area contributed by atoms with Crippen LogP contribution in [-0.4, -0.2) is 19.3 Å². The molecule has 21 heavy (non-hydrogen) atoms. The maximum Gasteiger partial charge on any atom is 0.212 e. The van der Waals surface area contributed by atoms with Crippen LogP contribution in [0.4, 0.5) is 4.39 Å². The summed E-state index contributed by atoms with van der Waals surface area (Å²) < 4.78 is 39.9. The van der Waals surface area contributed by atoms with Gasteiger partial charge in [-0.1, -0.05) is 20.8 Å². The van der Waals surface area contributed by atoms with E-state index >= 15 is 0 Å². The van der Waals surface area contributed by atoms with E-state index in [4.69, 9.17) is 0 Å². The molecular formula is C15H24FNO3S. The highest BCUT2D eigenvalue weighted by Gasteiger charge is 2.21. The Bertz CT molecular complexity index is 572. The van der Waals surface area contributed by atoms with Gasteiger partial charge in [-0.3, -0.25) is 0 Å². The fourth-order valence-electron chi connectivity index (χ4n) is 2.50. The smallest absolute Gasteiger partial charge is 0.212 e. The van der Waals surface area contributed by atoms with Crippen LogP contribution in [0.5, 0.6) is 5.75 Å². The van der Waals surface area contributed by atoms with Gasteiger partial charge in [-0.15, -0.1) is 0 Å². The van der Waals surface area contributed by atoms with E-state index in [1.54, 1.807) is 6.92 Å². The summed E-state index contributed by atoms with van der Waals surface area (Å²) >= 11 is 0. The molecule has 1 rings (SSSR count). The molecule has 0 saturated heterocycles. The molecule has 0 amide bonds. The first kappa shape index (κ1) is 17.9. The number of hydrogen-bond acceptors (Lipinski definition) is 3. The number of benzene rings is 1. The summed E-state index contributed by atoms with van der Waals surface area (Å²) in [6.45, 7) is 7.57. The van der Waals surface area contributed by atoms with Gasteiger partial charge in [0.15, 0.2) is 0 Å². The van der Waals surface area contributed by atoms with Crippen LogP contribution < -0.4 is 4.72 Å². The average Bonchev–Trinajstić information content (AvgIpc) is 2.29. The van der Waals surface area contributed by atoms with Crippen LogP contribution in [-0.2, 0) is 10.0 Å². The number of phenols is 1. The molecule has 0 aliphatic heterocycles. The van der Waals surface area contributed by atoms with Gasteiger partial charge >= 0.3 is 0 Å². The number of nitrogens with one attached hydrogen (secondary N) is 1. The summed E-state index contributed by atoms with van der Waals surface area (Å²) in [5, 5.41) is 9.70. The molecule has 0 heterocycles. The van der Waals surface area contributed by atoms with Crippen LogP contribution in [0.25, 0.3) is 0 Å². The van der Waals surface area contributed by atoms with Gasteiger partial charge in [0.1, 0.15) is 11.6 Å². The highest BCUT2D eigenvalue weighted by molar-refractivity contribution is 7.89. The third-order valence-electron chi connectivity index (χ3n) is 3.19. The highest BCUT2D eigenvalue weighted by Crippen LogP contribution is 2.25. The van der Waals surface area contributed by atoms with Crippen molar-refractivity contribution in [1.29, 1.82) is 0 Å². The van der Waals surface area contributed by atoms with Gasteiger partial charge in [0.05, 0.1) is 5.75 Å². The van der Waals surface area contributed by atoms with Crippen LogP contribution >= 0.6 is 0 Å². The molecule has 2 N–H and O–H groups in total. The van der Waals surface area contributed by atoms with Gasteiger partial charge < -0.3 is 5.11 Å². The molecule has 0 bridgehead atoms. The Kier molecular flexibility index (Phi) is 6.16. The zero-order valence-electron chi connectivity index (χ0n) is 12.9. The van der Waals surface area contributed by atoms with E-state index in [0.717, 1.165) is 18.6 Å². The zero-order valence-corrected chi connectivity index (χ0v) is 13.7. The highest BCUT2D eigenvalue weighted by atomic mass is 32.2. The van der Waals surface area contributed by atoms with Crippen molar-refractivity contribution in [3.63, 3.8) is 0 Å².